The molecule has 0 saturated heterocycles. The number of pyridine rings is 3. The van der Waals surface area contributed by atoms with Crippen LogP contribution in [-0.4, -0.2) is 64.8 Å². The van der Waals surface area contributed by atoms with Crippen LogP contribution in [0.25, 0.3) is 0 Å². The van der Waals surface area contributed by atoms with Crippen LogP contribution in [-0.2, 0) is 132 Å². The van der Waals surface area contributed by atoms with Crippen molar-refractivity contribution in [2.24, 2.45) is 0 Å². The summed E-state index contributed by atoms with van der Waals surface area (Å²) < 4.78 is 0. The van der Waals surface area contributed by atoms with Gasteiger partial charge >= 0.3 is 0 Å². The quantitative estimate of drug-likeness (QED) is 0.0544. The zero-order valence-corrected chi connectivity index (χ0v) is 59.0. The number of carbonyl (C=O) groups is 3. The van der Waals surface area contributed by atoms with Crippen molar-refractivity contribution in [3.63, 3.8) is 0 Å². The van der Waals surface area contributed by atoms with Gasteiger partial charge in [0, 0.05) is 135 Å². The molecule has 3 amide bonds. The fourth-order valence-electron chi connectivity index (χ4n) is 5.67. The molecule has 0 unspecified atom stereocenters. The second-order valence-electron chi connectivity index (χ2n) is 16.0. The zero-order valence-electron chi connectivity index (χ0n) is 50.5. The molecular weight excluding hydrogens is 1220 g/mol. The summed E-state index contributed by atoms with van der Waals surface area (Å²) in [5.41, 5.74) is 3.48. The predicted molar refractivity (Wildman–Crippen MR) is 320 cm³/mol. The van der Waals surface area contributed by atoms with Crippen molar-refractivity contribution < 1.29 is 128 Å². The summed E-state index contributed by atoms with van der Waals surface area (Å²) in [4.78, 5) is 48.6. The molecule has 3 aromatic heterocycles. The van der Waals surface area contributed by atoms with E-state index in [4.69, 9.17) is 0 Å². The molecule has 3 atom stereocenters. The SMILES string of the molecule is C.CC.CC.CC.CC.CC.CC.Cc1[c-]cc(NC(=O)[C@@](C)(O)CCc2ccccn2)cc1.Cc1[c-]cc(NC(=O)[C@@](C)(O)CCc2cccnc2)cc1.Cc1[c-]cc(NC(=O)[C@@](C)(O)CCc2ccncc2)cc1.[Y].[Y].[Y]. The maximum Gasteiger partial charge on any atom is 0.245 e. The van der Waals surface area contributed by atoms with Crippen LogP contribution in [0.4, 0.5) is 17.1 Å². The fraction of sp³-hybridized carbons (Fsp3) is 0.438. The Kier molecular flexibility index (Phi) is 61.2. The Balaban J connectivity index is -0.000000175. The van der Waals surface area contributed by atoms with Crippen LogP contribution in [0.5, 0.6) is 0 Å². The second-order valence-corrected chi connectivity index (χ2v) is 16.0. The third-order valence-electron chi connectivity index (χ3n) is 10.0. The maximum absolute atomic E-state index is 12.2. The van der Waals surface area contributed by atoms with Gasteiger partial charge < -0.3 is 31.3 Å². The van der Waals surface area contributed by atoms with Crippen molar-refractivity contribution in [2.45, 2.75) is 187 Å². The number of rotatable bonds is 15. The van der Waals surface area contributed by atoms with Crippen LogP contribution in [0.3, 0.4) is 0 Å². The number of aliphatic hydroxyl groups is 3. The number of benzene rings is 3. The number of anilines is 3. The van der Waals surface area contributed by atoms with E-state index in [1.165, 1.54) is 20.8 Å². The largest absolute Gasteiger partial charge is 0.380 e. The van der Waals surface area contributed by atoms with Crippen molar-refractivity contribution in [1.82, 2.24) is 15.0 Å². The monoisotopic (exact) mass is 1310 g/mol. The average molecular weight is 1310 g/mol. The second kappa shape index (κ2) is 54.0. The van der Waals surface area contributed by atoms with Gasteiger partial charge in [0.2, 0.25) is 17.7 Å². The van der Waals surface area contributed by atoms with E-state index in [-0.39, 0.29) is 106 Å². The first-order valence-corrected chi connectivity index (χ1v) is 26.7. The molecule has 3 heterocycles. The van der Waals surface area contributed by atoms with Gasteiger partial charge in [-0.2, -0.15) is 71.3 Å². The minimum Gasteiger partial charge on any atom is -0.380 e. The minimum absolute atomic E-state index is 0. The molecule has 0 aliphatic heterocycles. The Morgan fingerprint density at radius 3 is 1.10 bits per heavy atom. The number of nitrogens with one attached hydrogen (secondary N) is 3. The Labute approximate surface area is 554 Å². The Morgan fingerprint density at radius 2 is 0.797 bits per heavy atom. The number of aryl methyl sites for hydroxylation is 6. The van der Waals surface area contributed by atoms with E-state index in [1.54, 1.807) is 67.4 Å². The van der Waals surface area contributed by atoms with Crippen molar-refractivity contribution in [3.8, 4) is 0 Å². The molecule has 0 aliphatic rings. The third kappa shape index (κ3) is 40.5. The summed E-state index contributed by atoms with van der Waals surface area (Å²) in [6.07, 6.45) is 11.3. The number of hydrogen-bond donors (Lipinski definition) is 6. The molecule has 79 heavy (non-hydrogen) atoms. The summed E-state index contributed by atoms with van der Waals surface area (Å²) in [5, 5.41) is 39.1. The van der Waals surface area contributed by atoms with Gasteiger partial charge in [-0.3, -0.25) is 29.3 Å². The van der Waals surface area contributed by atoms with E-state index in [0.29, 0.717) is 55.6 Å². The minimum atomic E-state index is -1.44. The molecule has 431 valence electrons. The van der Waals surface area contributed by atoms with Crippen molar-refractivity contribution in [1.29, 1.82) is 0 Å². The van der Waals surface area contributed by atoms with E-state index in [0.717, 1.165) is 33.5 Å². The van der Waals surface area contributed by atoms with Gasteiger partial charge in [-0.15, -0.1) is 18.2 Å². The third-order valence-corrected chi connectivity index (χ3v) is 10.0. The van der Waals surface area contributed by atoms with Crippen LogP contribution in [0.2, 0.25) is 0 Å². The van der Waals surface area contributed by atoms with Gasteiger partial charge in [0.1, 0.15) is 16.8 Å². The summed E-state index contributed by atoms with van der Waals surface area (Å²) in [6.45, 7) is 34.3. The van der Waals surface area contributed by atoms with Crippen LogP contribution >= 0.6 is 0 Å². The number of aromatic nitrogens is 3. The van der Waals surface area contributed by atoms with Gasteiger partial charge in [0.15, 0.2) is 0 Å². The Bertz CT molecular complexity index is 2060. The Hall–Kier alpha value is -3.29. The molecule has 3 radical (unpaired) electrons. The van der Waals surface area contributed by atoms with Gasteiger partial charge in [0.05, 0.1) is 0 Å². The first-order valence-electron chi connectivity index (χ1n) is 26.7. The van der Waals surface area contributed by atoms with E-state index in [2.05, 4.69) is 49.1 Å². The molecule has 0 spiro atoms. The van der Waals surface area contributed by atoms with E-state index in [9.17, 15) is 29.7 Å². The molecule has 0 saturated carbocycles. The zero-order chi connectivity index (χ0) is 57.9. The summed E-state index contributed by atoms with van der Waals surface area (Å²) in [7, 11) is 0. The number of amides is 3. The van der Waals surface area contributed by atoms with E-state index in [1.807, 2.05) is 165 Å². The maximum atomic E-state index is 12.2. The summed E-state index contributed by atoms with van der Waals surface area (Å²) in [6, 6.07) is 38.2. The van der Waals surface area contributed by atoms with Crippen LogP contribution in [0, 0.1) is 39.0 Å². The molecule has 15 heteroatoms. The van der Waals surface area contributed by atoms with Crippen LogP contribution in [0.1, 0.15) is 164 Å². The molecule has 12 nitrogen and oxygen atoms in total. The van der Waals surface area contributed by atoms with Gasteiger partial charge in [-0.25, -0.2) is 0 Å². The molecule has 3 aromatic carbocycles. The van der Waals surface area contributed by atoms with E-state index >= 15 is 0 Å². The number of nitrogens with zero attached hydrogens (tertiary/aromatic N) is 3. The molecule has 0 fully saturated rings. The van der Waals surface area contributed by atoms with Gasteiger partial charge in [-0.05, 0) is 101 Å². The Morgan fingerprint density at radius 1 is 0.443 bits per heavy atom. The standard InChI is InChI=1S/3C17H19N2O2.6C2H6.CH4.3Y/c1-13-3-5-15(6-4-13)19-16(20)17(2,21)10-7-14-8-11-18-12-9-14;1-13-5-7-15(8-6-13)19-16(20)17(2,21)10-9-14-4-3-11-18-12-14;1-13-6-8-15(9-7-13)19-16(20)17(2,21)11-10-14-5-3-4-12-18-14;6*1-2;;;;/h3,5-6,8-9,11-12,21H,7,10H2,1-2H3,(H,19,20);3-5,7-8,11-12,21H,9-10H2,1-2H3,(H,19,20);3-6,8-9,12,21H,10-11H2,1-2H3,(H,19,20);6*1-2H3;1H4;;;/q3*-1;;;;;;;;;;/t3*17-;;;;;;;;;;/m000........../s1. The number of carbonyl (C=O) groups excluding carboxylic acids is 3. The fourth-order valence-corrected chi connectivity index (χ4v) is 5.67. The van der Waals surface area contributed by atoms with Gasteiger partial charge in [0.25, 0.3) is 0 Å². The molecule has 6 rings (SSSR count). The molecule has 6 N–H and O–H groups in total. The molecular formula is C64H97N6O6Y3-3. The predicted octanol–water partition coefficient (Wildman–Crippen LogP) is 14.3. The van der Waals surface area contributed by atoms with Gasteiger partial charge in [-0.1, -0.05) is 140 Å². The molecule has 0 bridgehead atoms. The molecule has 0 aliphatic carbocycles. The number of hydrogen-bond acceptors (Lipinski definition) is 9. The summed E-state index contributed by atoms with van der Waals surface area (Å²) in [5.74, 6) is -1.24. The van der Waals surface area contributed by atoms with Crippen molar-refractivity contribution in [2.75, 3.05) is 16.0 Å². The topological polar surface area (TPSA) is 187 Å². The first kappa shape index (κ1) is 89.5. The van der Waals surface area contributed by atoms with Crippen LogP contribution in [0.15, 0.2) is 128 Å². The average Bonchev–Trinajstić information content (AvgIpc) is 3.45. The van der Waals surface area contributed by atoms with Crippen molar-refractivity contribution >= 4 is 34.8 Å². The first-order chi connectivity index (χ1) is 35.9. The normalized spacial score (nSPS) is 11.2. The van der Waals surface area contributed by atoms with Crippen molar-refractivity contribution in [3.05, 3.63) is 180 Å². The smallest absolute Gasteiger partial charge is 0.245 e. The van der Waals surface area contributed by atoms with E-state index < -0.39 is 34.5 Å². The molecule has 6 aromatic rings. The van der Waals surface area contributed by atoms with Crippen LogP contribution < -0.4 is 16.0 Å². The summed E-state index contributed by atoms with van der Waals surface area (Å²) >= 11 is 0.